The number of hydrogen-bond donors (Lipinski definition) is 1. The first-order valence-corrected chi connectivity index (χ1v) is 5.72. The second-order valence-corrected chi connectivity index (χ2v) is 4.11. The summed E-state index contributed by atoms with van der Waals surface area (Å²) >= 11 is 0. The van der Waals surface area contributed by atoms with Crippen LogP contribution in [0.25, 0.3) is 0 Å². The molecule has 0 atom stereocenters. The Morgan fingerprint density at radius 3 is 2.37 bits per heavy atom. The maximum absolute atomic E-state index is 13.4. The molecule has 1 aromatic carbocycles. The van der Waals surface area contributed by atoms with Gasteiger partial charge in [-0.15, -0.1) is 0 Å². The van der Waals surface area contributed by atoms with Crippen molar-refractivity contribution in [2.45, 2.75) is 19.3 Å². The van der Waals surface area contributed by atoms with E-state index in [4.69, 9.17) is 15.2 Å². The Balaban J connectivity index is 3.44. The van der Waals surface area contributed by atoms with E-state index in [0.717, 1.165) is 19.1 Å². The van der Waals surface area contributed by atoms with Gasteiger partial charge in [0.2, 0.25) is 0 Å². The number of nitrogens with two attached hydrogens (primary N) is 1. The van der Waals surface area contributed by atoms with Gasteiger partial charge in [-0.05, 0) is 18.7 Å². The molecule has 0 saturated carbocycles. The van der Waals surface area contributed by atoms with Crippen LogP contribution in [0.15, 0.2) is 12.1 Å². The first-order valence-electron chi connectivity index (χ1n) is 5.72. The van der Waals surface area contributed by atoms with Crippen molar-refractivity contribution in [3.8, 4) is 11.5 Å². The Kier molecular flexibility index (Phi) is 4.83. The summed E-state index contributed by atoms with van der Waals surface area (Å²) < 4.78 is 36.9. The topological polar surface area (TPSA) is 61.5 Å². The number of carbonyl (C=O) groups is 1. The highest BCUT2D eigenvalue weighted by Gasteiger charge is 2.29. The summed E-state index contributed by atoms with van der Waals surface area (Å²) in [5, 5.41) is 0. The van der Waals surface area contributed by atoms with Crippen LogP contribution in [0.5, 0.6) is 11.5 Å². The third-order valence-electron chi connectivity index (χ3n) is 2.66. The highest BCUT2D eigenvalue weighted by Crippen LogP contribution is 2.38. The molecule has 0 spiro atoms. The molecule has 0 heterocycles. The molecule has 0 aromatic heterocycles. The molecule has 0 aliphatic rings. The Bertz CT molecular complexity index is 470. The molecule has 1 aromatic rings. The fraction of sp³-hybridized carbons (Fsp3) is 0.462. The SMILES string of the molecule is COc1cc(C(C)(F)F)cc(C(=O)CCN)c1OC. The quantitative estimate of drug-likeness (QED) is 0.808. The number of ketones is 1. The van der Waals surface area contributed by atoms with Gasteiger partial charge in [0.25, 0.3) is 5.92 Å². The maximum Gasteiger partial charge on any atom is 0.270 e. The van der Waals surface area contributed by atoms with Crippen molar-refractivity contribution in [1.82, 2.24) is 0 Å². The summed E-state index contributed by atoms with van der Waals surface area (Å²) in [6.07, 6.45) is 0.0538. The third kappa shape index (κ3) is 3.41. The van der Waals surface area contributed by atoms with E-state index in [2.05, 4.69) is 0 Å². The number of halogens is 2. The van der Waals surface area contributed by atoms with Crippen LogP contribution in [0.2, 0.25) is 0 Å². The van der Waals surface area contributed by atoms with Gasteiger partial charge in [-0.3, -0.25) is 4.79 Å². The van der Waals surface area contributed by atoms with Gasteiger partial charge in [0.05, 0.1) is 19.8 Å². The lowest BCUT2D eigenvalue weighted by atomic mass is 10.00. The zero-order chi connectivity index (χ0) is 14.6. The predicted octanol–water partition coefficient (Wildman–Crippen LogP) is 2.35. The third-order valence-corrected chi connectivity index (χ3v) is 2.66. The summed E-state index contributed by atoms with van der Waals surface area (Å²) in [5.41, 5.74) is 5.07. The minimum Gasteiger partial charge on any atom is -0.493 e. The lowest BCUT2D eigenvalue weighted by Gasteiger charge is -2.17. The van der Waals surface area contributed by atoms with Gasteiger partial charge in [0, 0.05) is 18.9 Å². The van der Waals surface area contributed by atoms with Crippen LogP contribution in [-0.4, -0.2) is 26.5 Å². The van der Waals surface area contributed by atoms with Gasteiger partial charge in [-0.1, -0.05) is 0 Å². The highest BCUT2D eigenvalue weighted by atomic mass is 19.3. The predicted molar refractivity (Wildman–Crippen MR) is 67.1 cm³/mol. The largest absolute Gasteiger partial charge is 0.493 e. The van der Waals surface area contributed by atoms with Crippen LogP contribution in [0.4, 0.5) is 8.78 Å². The second kappa shape index (κ2) is 5.97. The van der Waals surface area contributed by atoms with Crippen LogP contribution in [0.1, 0.15) is 29.3 Å². The fourth-order valence-corrected chi connectivity index (χ4v) is 1.69. The molecule has 0 fully saturated rings. The van der Waals surface area contributed by atoms with E-state index < -0.39 is 5.92 Å². The van der Waals surface area contributed by atoms with Gasteiger partial charge in [-0.2, -0.15) is 0 Å². The number of Topliss-reactive ketones (excluding diaryl/α,β-unsaturated/α-hetero) is 1. The maximum atomic E-state index is 13.4. The number of carbonyl (C=O) groups excluding carboxylic acids is 1. The van der Waals surface area contributed by atoms with Gasteiger partial charge in [0.1, 0.15) is 0 Å². The van der Waals surface area contributed by atoms with Crippen molar-refractivity contribution >= 4 is 5.78 Å². The molecular formula is C13H17F2NO3. The van der Waals surface area contributed by atoms with E-state index in [1.165, 1.54) is 14.2 Å². The average Bonchev–Trinajstić information content (AvgIpc) is 2.36. The summed E-state index contributed by atoms with van der Waals surface area (Å²) in [5.74, 6) is -3.18. The molecule has 2 N–H and O–H groups in total. The van der Waals surface area contributed by atoms with E-state index in [-0.39, 0.29) is 41.4 Å². The molecule has 0 bridgehead atoms. The summed E-state index contributed by atoms with van der Waals surface area (Å²) in [7, 11) is 2.67. The first kappa shape index (κ1) is 15.4. The lowest BCUT2D eigenvalue weighted by molar-refractivity contribution is 0.0171. The van der Waals surface area contributed by atoms with Crippen LogP contribution < -0.4 is 15.2 Å². The minimum atomic E-state index is -3.07. The molecule has 0 unspecified atom stereocenters. The smallest absolute Gasteiger partial charge is 0.270 e. The number of rotatable bonds is 6. The molecule has 1 rings (SSSR count). The van der Waals surface area contributed by atoms with Crippen molar-refractivity contribution < 1.29 is 23.0 Å². The molecule has 4 nitrogen and oxygen atoms in total. The number of ether oxygens (including phenoxy) is 2. The van der Waals surface area contributed by atoms with Gasteiger partial charge in [0.15, 0.2) is 17.3 Å². The zero-order valence-electron chi connectivity index (χ0n) is 11.1. The fourth-order valence-electron chi connectivity index (χ4n) is 1.69. The second-order valence-electron chi connectivity index (χ2n) is 4.11. The van der Waals surface area contributed by atoms with E-state index >= 15 is 0 Å². The zero-order valence-corrected chi connectivity index (χ0v) is 11.1. The monoisotopic (exact) mass is 273 g/mol. The molecule has 6 heteroatoms. The summed E-state index contributed by atoms with van der Waals surface area (Å²) in [6, 6.07) is 2.29. The molecule has 19 heavy (non-hydrogen) atoms. The highest BCUT2D eigenvalue weighted by molar-refractivity contribution is 5.99. The standard InChI is InChI=1S/C13H17F2NO3/c1-13(14,15)8-6-9(10(17)4-5-16)12(19-3)11(7-8)18-2/h6-7H,4-5,16H2,1-3H3. The Hall–Kier alpha value is -1.69. The van der Waals surface area contributed by atoms with Crippen LogP contribution in [0, 0.1) is 0 Å². The lowest BCUT2D eigenvalue weighted by Crippen LogP contribution is -2.13. The molecule has 0 saturated heterocycles. The van der Waals surface area contributed by atoms with E-state index in [9.17, 15) is 13.6 Å². The van der Waals surface area contributed by atoms with Gasteiger partial charge in [-0.25, -0.2) is 8.78 Å². The number of benzene rings is 1. The summed E-state index contributed by atoms with van der Waals surface area (Å²) in [4.78, 5) is 11.9. The normalized spacial score (nSPS) is 11.3. The first-order chi connectivity index (χ1) is 8.85. The van der Waals surface area contributed by atoms with Crippen molar-refractivity contribution in [2.24, 2.45) is 5.73 Å². The van der Waals surface area contributed by atoms with Crippen LogP contribution in [-0.2, 0) is 5.92 Å². The van der Waals surface area contributed by atoms with Crippen molar-refractivity contribution in [2.75, 3.05) is 20.8 Å². The molecule has 0 amide bonds. The molecule has 0 aliphatic heterocycles. The Labute approximate surface area is 110 Å². The molecule has 106 valence electrons. The summed E-state index contributed by atoms with van der Waals surface area (Å²) in [6.45, 7) is 0.891. The number of methoxy groups -OCH3 is 2. The van der Waals surface area contributed by atoms with Gasteiger partial charge < -0.3 is 15.2 Å². The van der Waals surface area contributed by atoms with E-state index in [1.807, 2.05) is 0 Å². The minimum absolute atomic E-state index is 0.0538. The Morgan fingerprint density at radius 2 is 1.95 bits per heavy atom. The van der Waals surface area contributed by atoms with Crippen molar-refractivity contribution in [1.29, 1.82) is 0 Å². The number of alkyl halides is 2. The van der Waals surface area contributed by atoms with Crippen LogP contribution >= 0.6 is 0 Å². The van der Waals surface area contributed by atoms with E-state index in [1.54, 1.807) is 0 Å². The molecular weight excluding hydrogens is 256 g/mol. The Morgan fingerprint density at radius 1 is 1.32 bits per heavy atom. The number of hydrogen-bond acceptors (Lipinski definition) is 4. The molecule has 0 aliphatic carbocycles. The average molecular weight is 273 g/mol. The molecule has 0 radical (unpaired) electrons. The van der Waals surface area contributed by atoms with E-state index in [0.29, 0.717) is 0 Å². The van der Waals surface area contributed by atoms with Crippen molar-refractivity contribution in [3.63, 3.8) is 0 Å². The van der Waals surface area contributed by atoms with Crippen molar-refractivity contribution in [3.05, 3.63) is 23.3 Å². The van der Waals surface area contributed by atoms with Crippen LogP contribution in [0.3, 0.4) is 0 Å². The van der Waals surface area contributed by atoms with Gasteiger partial charge >= 0.3 is 0 Å².